The van der Waals surface area contributed by atoms with Gasteiger partial charge in [0, 0.05) is 12.4 Å². The van der Waals surface area contributed by atoms with Crippen LogP contribution in [0.25, 0.3) is 0 Å². The largest absolute Gasteiger partial charge is 0.476 e. The molecule has 1 unspecified atom stereocenters. The number of nitrogens with one attached hydrogen (secondary N) is 1. The Labute approximate surface area is 118 Å². The summed E-state index contributed by atoms with van der Waals surface area (Å²) in [7, 11) is 0. The molecule has 0 fully saturated rings. The Kier molecular flexibility index (Phi) is 4.70. The summed E-state index contributed by atoms with van der Waals surface area (Å²) in [5.41, 5.74) is 7.51. The van der Waals surface area contributed by atoms with E-state index in [1.54, 1.807) is 6.20 Å². The molecule has 106 valence electrons. The Balaban J connectivity index is 2.13. The number of pyridine rings is 1. The van der Waals surface area contributed by atoms with Gasteiger partial charge in [0.1, 0.15) is 12.0 Å². The van der Waals surface area contributed by atoms with Crippen LogP contribution in [0.5, 0.6) is 5.88 Å². The first-order valence-electron chi connectivity index (χ1n) is 6.62. The van der Waals surface area contributed by atoms with Gasteiger partial charge in [0.15, 0.2) is 5.82 Å². The summed E-state index contributed by atoms with van der Waals surface area (Å²) in [6.07, 6.45) is 5.90. The van der Waals surface area contributed by atoms with E-state index >= 15 is 0 Å². The molecule has 0 spiro atoms. The summed E-state index contributed by atoms with van der Waals surface area (Å²) in [4.78, 5) is 12.3. The second-order valence-corrected chi connectivity index (χ2v) is 4.44. The first-order chi connectivity index (χ1) is 9.72. The van der Waals surface area contributed by atoms with Crippen LogP contribution < -0.4 is 15.8 Å². The molecule has 3 N–H and O–H groups in total. The normalized spacial score (nSPS) is 11.9. The van der Waals surface area contributed by atoms with Crippen molar-refractivity contribution in [2.24, 2.45) is 0 Å². The zero-order valence-electron chi connectivity index (χ0n) is 11.7. The third-order valence-corrected chi connectivity index (χ3v) is 2.83. The van der Waals surface area contributed by atoms with Gasteiger partial charge in [0.25, 0.3) is 0 Å². The molecule has 2 aromatic rings. The molecular formula is C14H19N5O. The van der Waals surface area contributed by atoms with Gasteiger partial charge in [-0.25, -0.2) is 4.98 Å². The molecule has 0 radical (unpaired) electrons. The Morgan fingerprint density at radius 1 is 1.40 bits per heavy atom. The van der Waals surface area contributed by atoms with Crippen molar-refractivity contribution in [3.63, 3.8) is 0 Å². The summed E-state index contributed by atoms with van der Waals surface area (Å²) < 4.78 is 5.49. The quantitative estimate of drug-likeness (QED) is 0.840. The second kappa shape index (κ2) is 6.70. The fourth-order valence-electron chi connectivity index (χ4n) is 1.73. The molecule has 0 aliphatic rings. The third kappa shape index (κ3) is 3.34. The molecule has 0 aliphatic carbocycles. The Hall–Kier alpha value is -2.37. The van der Waals surface area contributed by atoms with Crippen molar-refractivity contribution in [3.05, 3.63) is 36.4 Å². The summed E-state index contributed by atoms with van der Waals surface area (Å²) in [6.45, 7) is 4.63. The van der Waals surface area contributed by atoms with Crippen molar-refractivity contribution in [2.75, 3.05) is 17.7 Å². The molecule has 0 aromatic carbocycles. The van der Waals surface area contributed by atoms with Crippen molar-refractivity contribution in [1.29, 1.82) is 0 Å². The minimum atomic E-state index is 0.0416. The van der Waals surface area contributed by atoms with Crippen LogP contribution in [0.4, 0.5) is 11.5 Å². The molecule has 6 heteroatoms. The molecule has 0 saturated carbocycles. The van der Waals surface area contributed by atoms with Gasteiger partial charge in [0.2, 0.25) is 5.88 Å². The lowest BCUT2D eigenvalue weighted by Gasteiger charge is -2.16. The molecule has 6 nitrogen and oxygen atoms in total. The fraction of sp³-hybridized carbons (Fsp3) is 0.357. The lowest BCUT2D eigenvalue weighted by Crippen LogP contribution is -2.12. The Bertz CT molecular complexity index is 547. The van der Waals surface area contributed by atoms with Crippen molar-refractivity contribution in [3.8, 4) is 5.88 Å². The van der Waals surface area contributed by atoms with Crippen LogP contribution in [0.3, 0.4) is 0 Å². The highest BCUT2D eigenvalue weighted by atomic mass is 16.5. The van der Waals surface area contributed by atoms with Gasteiger partial charge >= 0.3 is 0 Å². The van der Waals surface area contributed by atoms with Gasteiger partial charge in [-0.3, -0.25) is 4.98 Å². The van der Waals surface area contributed by atoms with E-state index in [4.69, 9.17) is 10.5 Å². The summed E-state index contributed by atoms with van der Waals surface area (Å²) >= 11 is 0. The third-order valence-electron chi connectivity index (χ3n) is 2.83. The molecule has 0 amide bonds. The summed E-state index contributed by atoms with van der Waals surface area (Å²) in [5.74, 6) is 0.991. The first kappa shape index (κ1) is 14.0. The topological polar surface area (TPSA) is 86.0 Å². The Morgan fingerprint density at radius 3 is 2.95 bits per heavy atom. The van der Waals surface area contributed by atoms with Crippen molar-refractivity contribution in [1.82, 2.24) is 15.0 Å². The van der Waals surface area contributed by atoms with Gasteiger partial charge in [-0.15, -0.1) is 0 Å². The number of hydrogen-bond donors (Lipinski definition) is 2. The maximum atomic E-state index is 6.02. The predicted octanol–water partition coefficient (Wildman–Crippen LogP) is 2.42. The lowest BCUT2D eigenvalue weighted by atomic mass is 10.1. The van der Waals surface area contributed by atoms with Crippen LogP contribution in [-0.2, 0) is 0 Å². The van der Waals surface area contributed by atoms with Gasteiger partial charge in [-0.05, 0) is 25.0 Å². The van der Waals surface area contributed by atoms with Crippen LogP contribution >= 0.6 is 0 Å². The lowest BCUT2D eigenvalue weighted by molar-refractivity contribution is 0.306. The van der Waals surface area contributed by atoms with Crippen molar-refractivity contribution in [2.45, 2.75) is 26.3 Å². The molecule has 20 heavy (non-hydrogen) atoms. The van der Waals surface area contributed by atoms with E-state index < -0.39 is 0 Å². The van der Waals surface area contributed by atoms with E-state index in [-0.39, 0.29) is 6.04 Å². The predicted molar refractivity (Wildman–Crippen MR) is 78.5 cm³/mol. The minimum absolute atomic E-state index is 0.0416. The van der Waals surface area contributed by atoms with Crippen molar-refractivity contribution >= 4 is 11.5 Å². The number of nitrogens with zero attached hydrogens (tertiary/aromatic N) is 3. The standard InChI is InChI=1S/C14H19N5O/c1-3-7-20-14-12(15)13(17-9-18-14)19-10(2)11-5-4-6-16-8-11/h4-6,8-10H,3,7,15H2,1-2H3,(H,17,18,19). The van der Waals surface area contributed by atoms with E-state index in [2.05, 4.69) is 20.3 Å². The number of hydrogen-bond acceptors (Lipinski definition) is 6. The van der Waals surface area contributed by atoms with Gasteiger partial charge < -0.3 is 15.8 Å². The maximum absolute atomic E-state index is 6.02. The van der Waals surface area contributed by atoms with Crippen LogP contribution in [0.2, 0.25) is 0 Å². The minimum Gasteiger partial charge on any atom is -0.476 e. The maximum Gasteiger partial charge on any atom is 0.242 e. The van der Waals surface area contributed by atoms with Crippen LogP contribution in [0.1, 0.15) is 31.9 Å². The number of rotatable bonds is 6. The van der Waals surface area contributed by atoms with E-state index in [1.807, 2.05) is 32.2 Å². The highest BCUT2D eigenvalue weighted by molar-refractivity contribution is 5.66. The number of nitrogens with two attached hydrogens (primary N) is 1. The van der Waals surface area contributed by atoms with E-state index in [1.165, 1.54) is 6.33 Å². The molecular weight excluding hydrogens is 254 g/mol. The Morgan fingerprint density at radius 2 is 2.25 bits per heavy atom. The molecule has 2 aromatic heterocycles. The van der Waals surface area contributed by atoms with E-state index in [0.717, 1.165) is 12.0 Å². The average molecular weight is 273 g/mol. The van der Waals surface area contributed by atoms with Crippen molar-refractivity contribution < 1.29 is 4.74 Å². The molecule has 0 saturated heterocycles. The number of nitrogen functional groups attached to an aromatic ring is 1. The highest BCUT2D eigenvalue weighted by Crippen LogP contribution is 2.27. The zero-order chi connectivity index (χ0) is 14.4. The number of aromatic nitrogens is 3. The SMILES string of the molecule is CCCOc1ncnc(NC(C)c2cccnc2)c1N. The van der Waals surface area contributed by atoms with E-state index in [0.29, 0.717) is 24.0 Å². The monoisotopic (exact) mass is 273 g/mol. The second-order valence-electron chi connectivity index (χ2n) is 4.44. The average Bonchev–Trinajstić information content (AvgIpc) is 2.49. The molecule has 0 aliphatic heterocycles. The molecule has 2 heterocycles. The summed E-state index contributed by atoms with van der Waals surface area (Å²) in [6, 6.07) is 3.93. The van der Waals surface area contributed by atoms with Gasteiger partial charge in [0.05, 0.1) is 12.6 Å². The first-order valence-corrected chi connectivity index (χ1v) is 6.62. The van der Waals surface area contributed by atoms with Gasteiger partial charge in [-0.2, -0.15) is 4.98 Å². The highest BCUT2D eigenvalue weighted by Gasteiger charge is 2.12. The van der Waals surface area contributed by atoms with E-state index in [9.17, 15) is 0 Å². The van der Waals surface area contributed by atoms with Crippen LogP contribution in [0.15, 0.2) is 30.9 Å². The number of ether oxygens (including phenoxy) is 1. The number of anilines is 2. The fourth-order valence-corrected chi connectivity index (χ4v) is 1.73. The molecule has 0 bridgehead atoms. The van der Waals surface area contributed by atoms with Crippen LogP contribution in [-0.4, -0.2) is 21.6 Å². The summed E-state index contributed by atoms with van der Waals surface area (Å²) in [5, 5.41) is 3.25. The smallest absolute Gasteiger partial charge is 0.242 e. The zero-order valence-corrected chi connectivity index (χ0v) is 11.7. The molecule has 2 rings (SSSR count). The van der Waals surface area contributed by atoms with Crippen LogP contribution in [0, 0.1) is 0 Å². The molecule has 1 atom stereocenters. The van der Waals surface area contributed by atoms with Gasteiger partial charge in [-0.1, -0.05) is 13.0 Å².